The third-order valence-electron chi connectivity index (χ3n) is 7.46. The number of primary amides is 1. The normalized spacial score (nSPS) is 23.9. The van der Waals surface area contributed by atoms with E-state index in [1.54, 1.807) is 6.07 Å². The molecule has 1 heterocycles. The number of fused-ring (bicyclic) bond motifs is 1. The van der Waals surface area contributed by atoms with Gasteiger partial charge >= 0.3 is 6.18 Å². The van der Waals surface area contributed by atoms with Crippen molar-refractivity contribution in [2.24, 2.45) is 11.1 Å². The minimum absolute atomic E-state index is 0.0270. The molecule has 2 aromatic rings. The third-order valence-corrected chi connectivity index (χ3v) is 7.46. The summed E-state index contributed by atoms with van der Waals surface area (Å²) in [6.45, 7) is 3.72. The number of amides is 1. The Balaban J connectivity index is 1.56. The largest absolute Gasteiger partial charge is 0.435 e. The first-order valence-corrected chi connectivity index (χ1v) is 12.6. The Morgan fingerprint density at radius 1 is 1.11 bits per heavy atom. The van der Waals surface area contributed by atoms with E-state index in [-0.39, 0.29) is 41.7 Å². The topological polar surface area (TPSA) is 102 Å². The van der Waals surface area contributed by atoms with E-state index in [1.165, 1.54) is 16.8 Å². The van der Waals surface area contributed by atoms with Crippen molar-refractivity contribution in [1.82, 2.24) is 15.1 Å². The lowest BCUT2D eigenvalue weighted by Crippen LogP contribution is -2.47. The molecule has 0 radical (unpaired) electrons. The van der Waals surface area contributed by atoms with Gasteiger partial charge in [-0.15, -0.1) is 0 Å². The summed E-state index contributed by atoms with van der Waals surface area (Å²) in [6, 6.07) is 5.50. The number of anilines is 1. The van der Waals surface area contributed by atoms with Crippen molar-refractivity contribution in [3.05, 3.63) is 40.7 Å². The van der Waals surface area contributed by atoms with E-state index in [0.29, 0.717) is 17.4 Å². The van der Waals surface area contributed by atoms with Crippen molar-refractivity contribution in [1.29, 1.82) is 0 Å². The number of ketones is 1. The Labute approximate surface area is 208 Å². The van der Waals surface area contributed by atoms with Crippen LogP contribution in [0.5, 0.6) is 0 Å². The predicted molar refractivity (Wildman–Crippen MR) is 129 cm³/mol. The zero-order chi connectivity index (χ0) is 25.8. The van der Waals surface area contributed by atoms with Crippen LogP contribution in [0.2, 0.25) is 0 Å². The number of carbonyl (C=O) groups excluding carboxylic acids is 2. The smallest absolute Gasteiger partial charge is 0.380 e. The Morgan fingerprint density at radius 2 is 1.81 bits per heavy atom. The molecule has 1 amide bonds. The van der Waals surface area contributed by atoms with Gasteiger partial charge in [0.15, 0.2) is 11.5 Å². The zero-order valence-electron chi connectivity index (χ0n) is 20.5. The Bertz CT molecular complexity index is 1200. The molecule has 5 rings (SSSR count). The first-order chi connectivity index (χ1) is 16.9. The highest BCUT2D eigenvalue weighted by atomic mass is 19.4. The molecule has 194 valence electrons. The second-order valence-corrected chi connectivity index (χ2v) is 11.2. The number of aromatic nitrogens is 2. The van der Waals surface area contributed by atoms with Crippen LogP contribution in [0, 0.1) is 5.41 Å². The summed E-state index contributed by atoms with van der Waals surface area (Å²) in [5.74, 6) is -1.18. The van der Waals surface area contributed by atoms with Gasteiger partial charge in [-0.3, -0.25) is 9.59 Å². The Morgan fingerprint density at radius 3 is 2.44 bits per heavy atom. The van der Waals surface area contributed by atoms with Crippen LogP contribution in [0.15, 0.2) is 18.2 Å². The molecule has 3 aliphatic rings. The highest BCUT2D eigenvalue weighted by molar-refractivity contribution is 6.00. The number of nitrogens with two attached hydrogens (primary N) is 1. The molecule has 36 heavy (non-hydrogen) atoms. The van der Waals surface area contributed by atoms with E-state index >= 15 is 0 Å². The molecule has 1 aromatic heterocycles. The van der Waals surface area contributed by atoms with Gasteiger partial charge in [0.25, 0.3) is 5.91 Å². The highest BCUT2D eigenvalue weighted by Gasteiger charge is 2.45. The molecule has 2 atom stereocenters. The number of hydrogen-bond donors (Lipinski definition) is 3. The molecule has 0 bridgehead atoms. The number of halogens is 3. The Kier molecular flexibility index (Phi) is 6.13. The summed E-state index contributed by atoms with van der Waals surface area (Å²) < 4.78 is 42.8. The van der Waals surface area contributed by atoms with Gasteiger partial charge < -0.3 is 16.4 Å². The minimum Gasteiger partial charge on any atom is -0.380 e. The SMILES string of the molecule is CC1(C)CC(=O)c2c(C(F)(F)F)nn(-c3ccc(C(N)=O)c(NC4CCCCC4NC4CC4)c3)c2C1. The number of benzene rings is 1. The summed E-state index contributed by atoms with van der Waals surface area (Å²) in [4.78, 5) is 25.0. The first kappa shape index (κ1) is 24.8. The van der Waals surface area contributed by atoms with E-state index in [4.69, 9.17) is 5.73 Å². The number of alkyl halides is 3. The zero-order valence-corrected chi connectivity index (χ0v) is 20.5. The van der Waals surface area contributed by atoms with Crippen LogP contribution in [0.4, 0.5) is 18.9 Å². The van der Waals surface area contributed by atoms with Gasteiger partial charge in [0, 0.05) is 30.2 Å². The molecule has 2 saturated carbocycles. The number of nitrogens with one attached hydrogen (secondary N) is 2. The molecular weight excluding hydrogens is 471 g/mol. The fourth-order valence-electron chi connectivity index (χ4n) is 5.61. The second-order valence-electron chi connectivity index (χ2n) is 11.2. The number of rotatable bonds is 6. The van der Waals surface area contributed by atoms with Crippen LogP contribution in [0.1, 0.15) is 90.9 Å². The molecule has 2 fully saturated rings. The van der Waals surface area contributed by atoms with Crippen molar-refractivity contribution in [3.8, 4) is 5.69 Å². The van der Waals surface area contributed by atoms with Crippen molar-refractivity contribution >= 4 is 17.4 Å². The molecule has 3 aliphatic carbocycles. The standard InChI is InChI=1S/C26H32F3N5O2/c1-25(2)12-20-22(21(35)13-25)23(26(27,28)29)33-34(20)15-9-10-16(24(30)36)19(11-15)32-18-6-4-3-5-17(18)31-14-7-8-14/h9-11,14,17-18,31-32H,3-8,12-13H2,1-2H3,(H2,30,36). The minimum atomic E-state index is -4.76. The average molecular weight is 504 g/mol. The molecule has 0 spiro atoms. The summed E-state index contributed by atoms with van der Waals surface area (Å²) in [7, 11) is 0. The molecule has 2 unspecified atom stereocenters. The van der Waals surface area contributed by atoms with Crippen molar-refractivity contribution in [2.75, 3.05) is 5.32 Å². The highest BCUT2D eigenvalue weighted by Crippen LogP contribution is 2.42. The molecule has 1 aromatic carbocycles. The van der Waals surface area contributed by atoms with Gasteiger partial charge in [-0.05, 0) is 55.7 Å². The fraction of sp³-hybridized carbons (Fsp3) is 0.577. The van der Waals surface area contributed by atoms with Gasteiger partial charge in [-0.1, -0.05) is 26.7 Å². The molecular formula is C26H32F3N5O2. The maximum atomic E-state index is 13.9. The maximum Gasteiger partial charge on any atom is 0.435 e. The molecule has 7 nitrogen and oxygen atoms in total. The number of nitrogens with zero attached hydrogens (tertiary/aromatic N) is 2. The van der Waals surface area contributed by atoms with Gasteiger partial charge in [-0.25, -0.2) is 4.68 Å². The van der Waals surface area contributed by atoms with Crippen molar-refractivity contribution < 1.29 is 22.8 Å². The predicted octanol–water partition coefficient (Wildman–Crippen LogP) is 4.62. The third kappa shape index (κ3) is 4.87. The van der Waals surface area contributed by atoms with E-state index in [2.05, 4.69) is 15.7 Å². The van der Waals surface area contributed by atoms with Crippen LogP contribution in [-0.2, 0) is 12.6 Å². The summed E-state index contributed by atoms with van der Waals surface area (Å²) in [5, 5.41) is 11.0. The van der Waals surface area contributed by atoms with Gasteiger partial charge in [0.1, 0.15) is 0 Å². The van der Waals surface area contributed by atoms with Crippen molar-refractivity contribution in [2.45, 2.75) is 89.5 Å². The van der Waals surface area contributed by atoms with E-state index in [9.17, 15) is 22.8 Å². The molecule has 0 aliphatic heterocycles. The summed E-state index contributed by atoms with van der Waals surface area (Å²) in [6.07, 6.45) is 1.94. The second kappa shape index (κ2) is 8.90. The quantitative estimate of drug-likeness (QED) is 0.534. The van der Waals surface area contributed by atoms with Crippen LogP contribution in [0.3, 0.4) is 0 Å². The van der Waals surface area contributed by atoms with Crippen molar-refractivity contribution in [3.63, 3.8) is 0 Å². The fourth-order valence-corrected chi connectivity index (χ4v) is 5.61. The summed E-state index contributed by atoms with van der Waals surface area (Å²) in [5.41, 5.74) is 4.97. The van der Waals surface area contributed by atoms with E-state index < -0.39 is 29.0 Å². The number of carbonyl (C=O) groups is 2. The van der Waals surface area contributed by atoms with Gasteiger partial charge in [-0.2, -0.15) is 18.3 Å². The molecule has 10 heteroatoms. The van der Waals surface area contributed by atoms with Crippen LogP contribution in [-0.4, -0.2) is 39.6 Å². The van der Waals surface area contributed by atoms with Gasteiger partial charge in [0.05, 0.1) is 22.5 Å². The number of hydrogen-bond acceptors (Lipinski definition) is 5. The van der Waals surface area contributed by atoms with Crippen LogP contribution < -0.4 is 16.4 Å². The summed E-state index contributed by atoms with van der Waals surface area (Å²) >= 11 is 0. The lowest BCUT2D eigenvalue weighted by molar-refractivity contribution is -0.141. The Hall–Kier alpha value is -2.88. The van der Waals surface area contributed by atoms with Crippen LogP contribution >= 0.6 is 0 Å². The van der Waals surface area contributed by atoms with Crippen LogP contribution in [0.25, 0.3) is 5.69 Å². The lowest BCUT2D eigenvalue weighted by Gasteiger charge is -2.34. The first-order valence-electron chi connectivity index (χ1n) is 12.6. The maximum absolute atomic E-state index is 13.9. The monoisotopic (exact) mass is 503 g/mol. The average Bonchev–Trinajstić information content (AvgIpc) is 3.50. The molecule has 4 N–H and O–H groups in total. The molecule has 0 saturated heterocycles. The van der Waals surface area contributed by atoms with Gasteiger partial charge in [0.2, 0.25) is 0 Å². The van der Waals surface area contributed by atoms with E-state index in [1.807, 2.05) is 13.8 Å². The number of Topliss-reactive ketones (excluding diaryl/α,β-unsaturated/α-hetero) is 1. The lowest BCUT2D eigenvalue weighted by atomic mass is 9.75. The van der Waals surface area contributed by atoms with E-state index in [0.717, 1.165) is 38.5 Å².